The van der Waals surface area contributed by atoms with Gasteiger partial charge in [-0.1, -0.05) is 12.1 Å². The fourth-order valence-electron chi connectivity index (χ4n) is 1.88. The Morgan fingerprint density at radius 1 is 1.32 bits per heavy atom. The number of hydroxylamine groups is 1. The van der Waals surface area contributed by atoms with E-state index in [9.17, 15) is 9.59 Å². The van der Waals surface area contributed by atoms with Crippen molar-refractivity contribution in [3.05, 3.63) is 29.8 Å². The molecule has 0 aromatic heterocycles. The number of carbonyl (C=O) groups is 2. The molecule has 102 valence electrons. The third kappa shape index (κ3) is 3.30. The summed E-state index contributed by atoms with van der Waals surface area (Å²) in [6, 6.07) is 6.38. The van der Waals surface area contributed by atoms with Crippen molar-refractivity contribution in [2.24, 2.45) is 0 Å². The van der Waals surface area contributed by atoms with Gasteiger partial charge in [-0.05, 0) is 25.0 Å². The number of ether oxygens (including phenoxy) is 2. The fraction of sp³-hybridized carbons (Fsp3) is 0.385. The second-order valence-electron chi connectivity index (χ2n) is 4.18. The van der Waals surface area contributed by atoms with Crippen LogP contribution >= 0.6 is 0 Å². The molecule has 0 aliphatic carbocycles. The molecule has 2 rings (SSSR count). The van der Waals surface area contributed by atoms with E-state index >= 15 is 0 Å². The van der Waals surface area contributed by atoms with Crippen molar-refractivity contribution in [1.29, 1.82) is 0 Å². The summed E-state index contributed by atoms with van der Waals surface area (Å²) in [5.74, 6) is -1.67. The van der Waals surface area contributed by atoms with E-state index in [4.69, 9.17) is 14.7 Å². The number of hydrogen-bond donors (Lipinski definition) is 2. The Hall–Kier alpha value is -1.92. The van der Waals surface area contributed by atoms with Gasteiger partial charge in [-0.25, -0.2) is 5.48 Å². The first-order valence-corrected chi connectivity index (χ1v) is 6.08. The van der Waals surface area contributed by atoms with Crippen molar-refractivity contribution in [2.45, 2.75) is 25.6 Å². The van der Waals surface area contributed by atoms with Crippen LogP contribution < -0.4 is 10.2 Å². The van der Waals surface area contributed by atoms with Crippen molar-refractivity contribution in [3.8, 4) is 5.75 Å². The number of nitrogens with one attached hydrogen (secondary N) is 1. The Morgan fingerprint density at radius 2 is 2.11 bits per heavy atom. The molecule has 1 unspecified atom stereocenters. The Bertz CT molecular complexity index is 468. The van der Waals surface area contributed by atoms with E-state index in [1.807, 2.05) is 0 Å². The van der Waals surface area contributed by atoms with Gasteiger partial charge in [-0.15, -0.1) is 0 Å². The van der Waals surface area contributed by atoms with Gasteiger partial charge in [-0.2, -0.15) is 0 Å². The molecule has 19 heavy (non-hydrogen) atoms. The number of benzene rings is 1. The van der Waals surface area contributed by atoms with Crippen LogP contribution in [-0.4, -0.2) is 29.8 Å². The van der Waals surface area contributed by atoms with E-state index in [1.54, 1.807) is 18.2 Å². The maximum absolute atomic E-state index is 11.7. The van der Waals surface area contributed by atoms with E-state index in [1.165, 1.54) is 11.5 Å². The van der Waals surface area contributed by atoms with Crippen LogP contribution in [0.25, 0.3) is 0 Å². The van der Waals surface area contributed by atoms with Crippen LogP contribution in [0.3, 0.4) is 0 Å². The van der Waals surface area contributed by atoms with Gasteiger partial charge < -0.3 is 9.47 Å². The van der Waals surface area contributed by atoms with Crippen LogP contribution in [0.4, 0.5) is 0 Å². The van der Waals surface area contributed by atoms with E-state index in [-0.39, 0.29) is 11.3 Å². The topological polar surface area (TPSA) is 84.9 Å². The Morgan fingerprint density at radius 3 is 2.79 bits per heavy atom. The summed E-state index contributed by atoms with van der Waals surface area (Å²) in [6.07, 6.45) is 2.33. The minimum absolute atomic E-state index is 0.100. The predicted octanol–water partition coefficient (Wildman–Crippen LogP) is 1.28. The highest BCUT2D eigenvalue weighted by Gasteiger charge is 2.22. The van der Waals surface area contributed by atoms with Gasteiger partial charge >= 0.3 is 5.91 Å². The van der Waals surface area contributed by atoms with Crippen LogP contribution in [-0.2, 0) is 9.53 Å². The summed E-state index contributed by atoms with van der Waals surface area (Å²) in [4.78, 5) is 22.9. The van der Waals surface area contributed by atoms with Crippen molar-refractivity contribution >= 4 is 11.7 Å². The molecule has 0 spiro atoms. The first-order chi connectivity index (χ1) is 9.22. The van der Waals surface area contributed by atoms with Crippen LogP contribution in [0.1, 0.15) is 29.6 Å². The van der Waals surface area contributed by atoms with E-state index in [0.29, 0.717) is 6.61 Å². The minimum Gasteiger partial charge on any atom is -0.464 e. The standard InChI is InChI=1S/C13H15NO5/c15-12(13(16)14-17)9-5-1-2-6-10(9)19-11-7-3-4-8-18-11/h1-2,5-6,11,17H,3-4,7-8H2,(H,14,16). The summed E-state index contributed by atoms with van der Waals surface area (Å²) >= 11 is 0. The summed E-state index contributed by atoms with van der Waals surface area (Å²) < 4.78 is 11.0. The van der Waals surface area contributed by atoms with Gasteiger partial charge in [0.15, 0.2) is 6.29 Å². The quantitative estimate of drug-likeness (QED) is 0.371. The van der Waals surface area contributed by atoms with Crippen molar-refractivity contribution < 1.29 is 24.3 Å². The molecule has 6 heteroatoms. The van der Waals surface area contributed by atoms with Crippen LogP contribution in [0.5, 0.6) is 5.75 Å². The van der Waals surface area contributed by atoms with Gasteiger partial charge in [0.2, 0.25) is 0 Å². The fourth-order valence-corrected chi connectivity index (χ4v) is 1.88. The maximum Gasteiger partial charge on any atom is 0.315 e. The Kier molecular flexibility index (Phi) is 4.48. The number of para-hydroxylation sites is 1. The van der Waals surface area contributed by atoms with Crippen molar-refractivity contribution in [3.63, 3.8) is 0 Å². The lowest BCUT2D eigenvalue weighted by atomic mass is 10.1. The van der Waals surface area contributed by atoms with Gasteiger partial charge in [0, 0.05) is 6.42 Å². The van der Waals surface area contributed by atoms with Crippen LogP contribution in [0, 0.1) is 0 Å². The predicted molar refractivity (Wildman–Crippen MR) is 64.9 cm³/mol. The number of carbonyl (C=O) groups excluding carboxylic acids is 2. The highest BCUT2D eigenvalue weighted by Crippen LogP contribution is 2.23. The molecule has 1 aliphatic heterocycles. The normalized spacial score (nSPS) is 18.7. The Balaban J connectivity index is 2.15. The summed E-state index contributed by atoms with van der Waals surface area (Å²) in [5.41, 5.74) is 1.42. The molecule has 1 saturated heterocycles. The lowest BCUT2D eigenvalue weighted by molar-refractivity contribution is -0.124. The summed E-state index contributed by atoms with van der Waals surface area (Å²) in [6.45, 7) is 0.623. The molecular weight excluding hydrogens is 250 g/mol. The minimum atomic E-state index is -1.10. The third-order valence-electron chi connectivity index (χ3n) is 2.84. The highest BCUT2D eigenvalue weighted by atomic mass is 16.7. The molecule has 0 bridgehead atoms. The van der Waals surface area contributed by atoms with Gasteiger partial charge in [0.25, 0.3) is 5.78 Å². The van der Waals surface area contributed by atoms with E-state index in [2.05, 4.69) is 0 Å². The molecule has 1 heterocycles. The number of hydrogen-bond acceptors (Lipinski definition) is 5. The average Bonchev–Trinajstić information content (AvgIpc) is 2.47. The SMILES string of the molecule is O=C(NO)C(=O)c1ccccc1OC1CCCCO1. The average molecular weight is 265 g/mol. The molecule has 1 aromatic rings. The molecule has 0 saturated carbocycles. The smallest absolute Gasteiger partial charge is 0.315 e. The van der Waals surface area contributed by atoms with Gasteiger partial charge in [0.05, 0.1) is 12.2 Å². The number of ketones is 1. The summed E-state index contributed by atoms with van der Waals surface area (Å²) in [5, 5.41) is 8.49. The number of amides is 1. The molecule has 1 fully saturated rings. The zero-order chi connectivity index (χ0) is 13.7. The molecule has 1 aliphatic rings. The second kappa shape index (κ2) is 6.31. The molecular formula is C13H15NO5. The summed E-state index contributed by atoms with van der Waals surface area (Å²) in [7, 11) is 0. The zero-order valence-electron chi connectivity index (χ0n) is 10.3. The molecule has 6 nitrogen and oxygen atoms in total. The first kappa shape index (κ1) is 13.5. The molecule has 1 atom stereocenters. The first-order valence-electron chi connectivity index (χ1n) is 6.08. The van der Waals surface area contributed by atoms with Crippen molar-refractivity contribution in [1.82, 2.24) is 5.48 Å². The number of Topliss-reactive ketones (excluding diaryl/α,β-unsaturated/α-hetero) is 1. The maximum atomic E-state index is 11.7. The van der Waals surface area contributed by atoms with E-state index in [0.717, 1.165) is 19.3 Å². The lowest BCUT2D eigenvalue weighted by Gasteiger charge is -2.24. The van der Waals surface area contributed by atoms with E-state index < -0.39 is 18.0 Å². The lowest BCUT2D eigenvalue weighted by Crippen LogP contribution is -2.30. The molecule has 0 radical (unpaired) electrons. The van der Waals surface area contributed by atoms with Crippen molar-refractivity contribution in [2.75, 3.05) is 6.61 Å². The molecule has 1 aromatic carbocycles. The molecule has 1 amide bonds. The third-order valence-corrected chi connectivity index (χ3v) is 2.84. The Labute approximate surface area is 110 Å². The second-order valence-corrected chi connectivity index (χ2v) is 4.18. The largest absolute Gasteiger partial charge is 0.464 e. The van der Waals surface area contributed by atoms with Gasteiger partial charge in [-0.3, -0.25) is 14.8 Å². The monoisotopic (exact) mass is 265 g/mol. The van der Waals surface area contributed by atoms with Gasteiger partial charge in [0.1, 0.15) is 5.75 Å². The number of rotatable bonds is 4. The molecule has 2 N–H and O–H groups in total. The van der Waals surface area contributed by atoms with Crippen LogP contribution in [0.2, 0.25) is 0 Å². The zero-order valence-corrected chi connectivity index (χ0v) is 10.3. The highest BCUT2D eigenvalue weighted by molar-refractivity contribution is 6.43. The van der Waals surface area contributed by atoms with Crippen LogP contribution in [0.15, 0.2) is 24.3 Å².